The first-order valence-corrected chi connectivity index (χ1v) is 6.13. The van der Waals surface area contributed by atoms with E-state index in [9.17, 15) is 13.2 Å². The van der Waals surface area contributed by atoms with E-state index in [-0.39, 0.29) is 11.1 Å². The van der Waals surface area contributed by atoms with Crippen LogP contribution in [0.2, 0.25) is 5.15 Å². The smallest absolute Gasteiger partial charge is 0.341 e. The number of halogens is 4. The van der Waals surface area contributed by atoms with Crippen LogP contribution in [0.3, 0.4) is 0 Å². The Hall–Kier alpha value is -1.04. The van der Waals surface area contributed by atoms with Crippen molar-refractivity contribution in [2.75, 3.05) is 18.0 Å². The van der Waals surface area contributed by atoms with E-state index >= 15 is 0 Å². The van der Waals surface area contributed by atoms with Crippen molar-refractivity contribution >= 4 is 17.5 Å². The van der Waals surface area contributed by atoms with Crippen molar-refractivity contribution in [3.05, 3.63) is 16.9 Å². The Labute approximate surface area is 109 Å². The second-order valence-corrected chi connectivity index (χ2v) is 4.25. The van der Waals surface area contributed by atoms with Crippen LogP contribution in [0, 0.1) is 0 Å². The molecule has 0 radical (unpaired) electrons. The highest BCUT2D eigenvalue weighted by molar-refractivity contribution is 6.29. The molecule has 1 aromatic rings. The van der Waals surface area contributed by atoms with Gasteiger partial charge >= 0.3 is 6.18 Å². The SMILES string of the molecule is CCCN(CCC)c1nc(Cl)cc(C(F)(F)F)n1. The largest absolute Gasteiger partial charge is 0.433 e. The lowest BCUT2D eigenvalue weighted by atomic mass is 10.3. The lowest BCUT2D eigenvalue weighted by Gasteiger charge is -2.22. The maximum atomic E-state index is 12.6. The van der Waals surface area contributed by atoms with Gasteiger partial charge in [-0.25, -0.2) is 9.97 Å². The monoisotopic (exact) mass is 281 g/mol. The standard InChI is InChI=1S/C11H15ClF3N3/c1-3-5-18(6-4-2)10-16-8(11(13,14)15)7-9(12)17-10/h7H,3-6H2,1-2H3. The van der Waals surface area contributed by atoms with Crippen molar-refractivity contribution in [1.29, 1.82) is 0 Å². The molecule has 0 fully saturated rings. The van der Waals surface area contributed by atoms with Crippen molar-refractivity contribution in [2.24, 2.45) is 0 Å². The minimum absolute atomic E-state index is 0.0403. The lowest BCUT2D eigenvalue weighted by molar-refractivity contribution is -0.141. The topological polar surface area (TPSA) is 29.0 Å². The van der Waals surface area contributed by atoms with Gasteiger partial charge in [-0.15, -0.1) is 0 Å². The van der Waals surface area contributed by atoms with E-state index < -0.39 is 11.9 Å². The molecular weight excluding hydrogens is 267 g/mol. The second-order valence-electron chi connectivity index (χ2n) is 3.86. The zero-order chi connectivity index (χ0) is 13.8. The first-order chi connectivity index (χ1) is 8.38. The summed E-state index contributed by atoms with van der Waals surface area (Å²) in [6.07, 6.45) is -2.90. The fourth-order valence-corrected chi connectivity index (χ4v) is 1.72. The van der Waals surface area contributed by atoms with Crippen LogP contribution in [-0.4, -0.2) is 23.1 Å². The van der Waals surface area contributed by atoms with Crippen LogP contribution in [-0.2, 0) is 6.18 Å². The summed E-state index contributed by atoms with van der Waals surface area (Å²) in [6.45, 7) is 5.09. The van der Waals surface area contributed by atoms with E-state index in [1.54, 1.807) is 4.90 Å². The normalized spacial score (nSPS) is 11.7. The zero-order valence-corrected chi connectivity index (χ0v) is 11.0. The molecule has 0 saturated carbocycles. The molecule has 1 rings (SSSR count). The summed E-state index contributed by atoms with van der Waals surface area (Å²) in [5.41, 5.74) is -1.00. The summed E-state index contributed by atoms with van der Waals surface area (Å²) in [7, 11) is 0. The van der Waals surface area contributed by atoms with Gasteiger partial charge in [0.1, 0.15) is 5.15 Å². The predicted octanol–water partition coefficient (Wildman–Crippen LogP) is 3.78. The number of nitrogens with zero attached hydrogens (tertiary/aromatic N) is 3. The molecule has 0 aromatic carbocycles. The number of alkyl halides is 3. The summed E-state index contributed by atoms with van der Waals surface area (Å²) in [6, 6.07) is 0.737. The third-order valence-electron chi connectivity index (χ3n) is 2.24. The molecule has 0 unspecified atom stereocenters. The van der Waals surface area contributed by atoms with Crippen molar-refractivity contribution in [3.8, 4) is 0 Å². The Bertz CT molecular complexity index is 390. The lowest BCUT2D eigenvalue weighted by Crippen LogP contribution is -2.28. The molecule has 0 aliphatic heterocycles. The van der Waals surface area contributed by atoms with Crippen LogP contribution < -0.4 is 4.90 Å². The molecular formula is C11H15ClF3N3. The Morgan fingerprint density at radius 2 is 1.72 bits per heavy atom. The van der Waals surface area contributed by atoms with E-state index in [0.29, 0.717) is 13.1 Å². The zero-order valence-electron chi connectivity index (χ0n) is 10.3. The van der Waals surface area contributed by atoms with Crippen LogP contribution in [0.1, 0.15) is 32.4 Å². The molecule has 0 N–H and O–H groups in total. The van der Waals surface area contributed by atoms with Gasteiger partial charge in [0.15, 0.2) is 5.69 Å². The number of aromatic nitrogens is 2. The Morgan fingerprint density at radius 3 is 2.17 bits per heavy atom. The average molecular weight is 282 g/mol. The third kappa shape index (κ3) is 4.01. The van der Waals surface area contributed by atoms with E-state index in [4.69, 9.17) is 11.6 Å². The Balaban J connectivity index is 3.10. The van der Waals surface area contributed by atoms with Gasteiger partial charge in [-0.2, -0.15) is 13.2 Å². The minimum Gasteiger partial charge on any atom is -0.341 e. The maximum absolute atomic E-state index is 12.6. The molecule has 0 atom stereocenters. The molecule has 0 spiro atoms. The van der Waals surface area contributed by atoms with Crippen LogP contribution >= 0.6 is 11.6 Å². The van der Waals surface area contributed by atoms with Gasteiger partial charge in [0.05, 0.1) is 0 Å². The van der Waals surface area contributed by atoms with Crippen molar-refractivity contribution < 1.29 is 13.2 Å². The summed E-state index contributed by atoms with van der Waals surface area (Å²) >= 11 is 5.62. The van der Waals surface area contributed by atoms with Crippen molar-refractivity contribution in [3.63, 3.8) is 0 Å². The van der Waals surface area contributed by atoms with Crippen LogP contribution in [0.4, 0.5) is 19.1 Å². The van der Waals surface area contributed by atoms with Gasteiger partial charge in [0.25, 0.3) is 0 Å². The van der Waals surface area contributed by atoms with Gasteiger partial charge in [0, 0.05) is 19.2 Å². The molecule has 0 saturated heterocycles. The quantitative estimate of drug-likeness (QED) is 0.769. The predicted molar refractivity (Wildman–Crippen MR) is 64.8 cm³/mol. The van der Waals surface area contributed by atoms with Gasteiger partial charge in [-0.1, -0.05) is 25.4 Å². The van der Waals surface area contributed by atoms with Crippen LogP contribution in [0.25, 0.3) is 0 Å². The van der Waals surface area contributed by atoms with Gasteiger partial charge in [-0.05, 0) is 12.8 Å². The molecule has 0 bridgehead atoms. The maximum Gasteiger partial charge on any atom is 0.433 e. The highest BCUT2D eigenvalue weighted by Gasteiger charge is 2.34. The van der Waals surface area contributed by atoms with Crippen LogP contribution in [0.5, 0.6) is 0 Å². The molecule has 1 heterocycles. The molecule has 102 valence electrons. The molecule has 18 heavy (non-hydrogen) atoms. The number of hydrogen-bond acceptors (Lipinski definition) is 3. The van der Waals surface area contributed by atoms with E-state index in [1.807, 2.05) is 13.8 Å². The number of anilines is 1. The summed E-state index contributed by atoms with van der Waals surface area (Å²) < 4.78 is 37.8. The summed E-state index contributed by atoms with van der Waals surface area (Å²) in [5.74, 6) is 0.0403. The molecule has 1 aromatic heterocycles. The van der Waals surface area contributed by atoms with Gasteiger partial charge in [0.2, 0.25) is 5.95 Å². The third-order valence-corrected chi connectivity index (χ3v) is 2.44. The number of hydrogen-bond donors (Lipinski definition) is 0. The van der Waals surface area contributed by atoms with Crippen LogP contribution in [0.15, 0.2) is 6.07 Å². The molecule has 0 aliphatic rings. The van der Waals surface area contributed by atoms with E-state index in [2.05, 4.69) is 9.97 Å². The molecule has 0 amide bonds. The first-order valence-electron chi connectivity index (χ1n) is 5.75. The summed E-state index contributed by atoms with van der Waals surface area (Å²) in [4.78, 5) is 9.12. The number of rotatable bonds is 5. The molecule has 0 aliphatic carbocycles. The fourth-order valence-electron chi connectivity index (χ4n) is 1.54. The fraction of sp³-hybridized carbons (Fsp3) is 0.636. The summed E-state index contributed by atoms with van der Waals surface area (Å²) in [5, 5.41) is -0.190. The van der Waals surface area contributed by atoms with E-state index in [0.717, 1.165) is 18.9 Å². The van der Waals surface area contributed by atoms with Crippen molar-refractivity contribution in [2.45, 2.75) is 32.9 Å². The Morgan fingerprint density at radius 1 is 1.17 bits per heavy atom. The van der Waals surface area contributed by atoms with Gasteiger partial charge in [-0.3, -0.25) is 0 Å². The second kappa shape index (κ2) is 6.22. The highest BCUT2D eigenvalue weighted by atomic mass is 35.5. The first kappa shape index (κ1) is 15.0. The Kier molecular flexibility index (Phi) is 5.19. The minimum atomic E-state index is -4.51. The van der Waals surface area contributed by atoms with Crippen molar-refractivity contribution in [1.82, 2.24) is 9.97 Å². The van der Waals surface area contributed by atoms with E-state index in [1.165, 1.54) is 0 Å². The molecule has 7 heteroatoms. The molecule has 3 nitrogen and oxygen atoms in total. The van der Waals surface area contributed by atoms with Gasteiger partial charge < -0.3 is 4.90 Å². The average Bonchev–Trinajstić information content (AvgIpc) is 2.27. The highest BCUT2D eigenvalue weighted by Crippen LogP contribution is 2.30.